The molecule has 0 spiro atoms. The lowest BCUT2D eigenvalue weighted by atomic mass is 9.33. The summed E-state index contributed by atoms with van der Waals surface area (Å²) < 4.78 is 33.8. The molecule has 3 N–H and O–H groups in total. The second kappa shape index (κ2) is 12.8. The van der Waals surface area contributed by atoms with Crippen LogP contribution >= 0.6 is 0 Å². The van der Waals surface area contributed by atoms with Gasteiger partial charge in [-0.15, -0.1) is 0 Å². The largest absolute Gasteiger partial charge is 0.481 e. The lowest BCUT2D eigenvalue weighted by Gasteiger charge is -2.72. The molecule has 6 aliphatic rings. The SMILES string of the molecule is CC(C)C1=C2C3CCC4[C@@]5(C)CC[C@H](OC(=O)CC(C)(C)C(=O)O)C(C)(C)C5CC[C@@]4(C)[C@]3(C)CC[C@@]2(NC(=O)NC2CCC(F)(F)CC2)CC1=O. The third kappa shape index (κ3) is 6.12. The highest BCUT2D eigenvalue weighted by atomic mass is 19.3. The Balaban J connectivity index is 1.25. The monoisotopic (exact) mass is 730 g/mol. The van der Waals surface area contributed by atoms with Crippen molar-refractivity contribution in [2.75, 3.05) is 0 Å². The van der Waals surface area contributed by atoms with E-state index in [4.69, 9.17) is 4.74 Å². The summed E-state index contributed by atoms with van der Waals surface area (Å²) in [4.78, 5) is 52.3. The first kappa shape index (κ1) is 39.2. The molecule has 0 aromatic carbocycles. The van der Waals surface area contributed by atoms with Crippen molar-refractivity contribution in [1.82, 2.24) is 10.6 Å². The van der Waals surface area contributed by atoms with Crippen LogP contribution in [0, 0.1) is 50.7 Å². The van der Waals surface area contributed by atoms with Gasteiger partial charge in [0.2, 0.25) is 5.92 Å². The van der Waals surface area contributed by atoms with Crippen molar-refractivity contribution in [3.8, 4) is 0 Å². The fraction of sp³-hybridized carbons (Fsp3) is 0.857. The van der Waals surface area contributed by atoms with Crippen molar-refractivity contribution >= 4 is 23.8 Å². The Kier molecular flexibility index (Phi) is 9.63. The number of alkyl halides is 2. The molecule has 0 saturated heterocycles. The Bertz CT molecular complexity index is 1530. The molecule has 6 rings (SSSR count). The fourth-order valence-corrected chi connectivity index (χ4v) is 13.2. The molecule has 8 atom stereocenters. The van der Waals surface area contributed by atoms with Crippen LogP contribution in [0.2, 0.25) is 0 Å². The van der Waals surface area contributed by atoms with Gasteiger partial charge in [0, 0.05) is 30.7 Å². The standard InChI is InChI=1S/C42H64F2N2O6/c1-24(2)32-27(47)22-41(46-35(51)45-25-12-18-42(43,44)19-13-25)21-20-39(8)26(33(32)41)10-11-29-38(7)16-15-30(52-31(48)23-36(3,4)34(49)50)37(5,6)28(38)14-17-40(29,39)9/h24-26,28-30H,10-23H2,1-9H3,(H,49,50)(H2,45,46,51)/t26?,28?,29?,30-,38-,39+,40+,41+/m0/s1. The smallest absolute Gasteiger partial charge is 0.315 e. The molecule has 52 heavy (non-hydrogen) atoms. The average molecular weight is 731 g/mol. The number of rotatable bonds is 7. The molecule has 5 fully saturated rings. The highest BCUT2D eigenvalue weighted by Gasteiger charge is 2.70. The zero-order chi connectivity index (χ0) is 38.4. The number of fused-ring (bicyclic) bond motifs is 7. The number of urea groups is 1. The van der Waals surface area contributed by atoms with Gasteiger partial charge in [-0.05, 0) is 129 Å². The second-order valence-corrected chi connectivity index (χ2v) is 20.2. The summed E-state index contributed by atoms with van der Waals surface area (Å²) >= 11 is 0. The van der Waals surface area contributed by atoms with Gasteiger partial charge in [0.1, 0.15) is 6.10 Å². The number of carbonyl (C=O) groups is 4. The number of carboxylic acid groups (broad SMARTS) is 1. The number of Topliss-reactive ketones (excluding diaryl/α,β-unsaturated/α-hetero) is 1. The Labute approximate surface area is 309 Å². The number of esters is 1. The Morgan fingerprint density at radius 3 is 2.13 bits per heavy atom. The minimum atomic E-state index is -2.67. The van der Waals surface area contributed by atoms with Gasteiger partial charge in [-0.3, -0.25) is 14.4 Å². The lowest BCUT2D eigenvalue weighted by molar-refractivity contribution is -0.232. The lowest BCUT2D eigenvalue weighted by Crippen LogP contribution is -2.67. The summed E-state index contributed by atoms with van der Waals surface area (Å²) in [5.74, 6) is -3.10. The second-order valence-electron chi connectivity index (χ2n) is 20.2. The molecular formula is C42H64F2N2O6. The summed E-state index contributed by atoms with van der Waals surface area (Å²) in [7, 11) is 0. The van der Waals surface area contributed by atoms with Crippen molar-refractivity contribution in [2.24, 2.45) is 50.7 Å². The number of ketones is 1. The molecule has 0 aromatic rings. The molecule has 10 heteroatoms. The zero-order valence-electron chi connectivity index (χ0n) is 33.1. The number of carbonyl (C=O) groups excluding carboxylic acids is 3. The molecule has 0 radical (unpaired) electrons. The van der Waals surface area contributed by atoms with Gasteiger partial charge >= 0.3 is 18.0 Å². The van der Waals surface area contributed by atoms with Crippen molar-refractivity contribution in [1.29, 1.82) is 0 Å². The van der Waals surface area contributed by atoms with E-state index in [1.54, 1.807) is 13.8 Å². The third-order valence-electron chi connectivity index (χ3n) is 16.2. The Morgan fingerprint density at radius 2 is 1.52 bits per heavy atom. The van der Waals surface area contributed by atoms with E-state index in [1.165, 1.54) is 0 Å². The van der Waals surface area contributed by atoms with Gasteiger partial charge in [0.15, 0.2) is 5.78 Å². The quantitative estimate of drug-likeness (QED) is 0.225. The maximum Gasteiger partial charge on any atom is 0.315 e. The Hall–Kier alpha value is -2.52. The van der Waals surface area contributed by atoms with Crippen LogP contribution in [0.1, 0.15) is 152 Å². The number of hydrogen-bond acceptors (Lipinski definition) is 5. The van der Waals surface area contributed by atoms with Crippen LogP contribution in [-0.2, 0) is 19.1 Å². The Morgan fingerprint density at radius 1 is 0.865 bits per heavy atom. The average Bonchev–Trinajstić information content (AvgIpc) is 3.31. The van der Waals surface area contributed by atoms with Crippen LogP contribution in [0.5, 0.6) is 0 Å². The van der Waals surface area contributed by atoms with E-state index in [0.717, 1.165) is 56.1 Å². The topological polar surface area (TPSA) is 122 Å². The number of nitrogens with one attached hydrogen (secondary N) is 2. The molecule has 5 saturated carbocycles. The molecular weight excluding hydrogens is 666 g/mol. The number of aliphatic carboxylic acids is 1. The van der Waals surface area contributed by atoms with E-state index in [9.17, 15) is 33.1 Å². The highest BCUT2D eigenvalue weighted by molar-refractivity contribution is 6.02. The van der Waals surface area contributed by atoms with E-state index >= 15 is 0 Å². The van der Waals surface area contributed by atoms with E-state index in [-0.39, 0.29) is 96.0 Å². The van der Waals surface area contributed by atoms with Gasteiger partial charge < -0.3 is 20.5 Å². The predicted octanol–water partition coefficient (Wildman–Crippen LogP) is 9.01. The van der Waals surface area contributed by atoms with Gasteiger partial charge in [-0.25, -0.2) is 13.6 Å². The van der Waals surface area contributed by atoms with Gasteiger partial charge in [0.05, 0.1) is 17.4 Å². The normalized spacial score (nSPS) is 39.9. The van der Waals surface area contributed by atoms with E-state index < -0.39 is 28.8 Å². The number of hydrogen-bond donors (Lipinski definition) is 3. The first-order chi connectivity index (χ1) is 23.9. The first-order valence-electron chi connectivity index (χ1n) is 20.1. The van der Waals surface area contributed by atoms with Crippen LogP contribution in [0.4, 0.5) is 13.6 Å². The van der Waals surface area contributed by atoms with Crippen molar-refractivity contribution in [3.63, 3.8) is 0 Å². The van der Waals surface area contributed by atoms with Crippen LogP contribution in [-0.4, -0.2) is 52.5 Å². The molecule has 3 unspecified atom stereocenters. The molecule has 6 aliphatic carbocycles. The number of carboxylic acids is 1. The van der Waals surface area contributed by atoms with Crippen LogP contribution in [0.15, 0.2) is 11.1 Å². The maximum absolute atomic E-state index is 13.9. The molecule has 0 aliphatic heterocycles. The van der Waals surface area contributed by atoms with Crippen molar-refractivity contribution in [2.45, 2.75) is 176 Å². The van der Waals surface area contributed by atoms with Crippen molar-refractivity contribution < 1.29 is 37.8 Å². The minimum Gasteiger partial charge on any atom is -0.481 e. The molecule has 8 nitrogen and oxygen atoms in total. The maximum atomic E-state index is 13.9. The van der Waals surface area contributed by atoms with Gasteiger partial charge in [-0.1, -0.05) is 48.5 Å². The zero-order valence-corrected chi connectivity index (χ0v) is 33.1. The minimum absolute atomic E-state index is 0.0119. The highest BCUT2D eigenvalue weighted by Crippen LogP contribution is 2.76. The van der Waals surface area contributed by atoms with E-state index in [0.29, 0.717) is 18.3 Å². The molecule has 0 bridgehead atoms. The molecule has 2 amide bonds. The summed E-state index contributed by atoms with van der Waals surface area (Å²) in [6, 6.07) is -0.656. The summed E-state index contributed by atoms with van der Waals surface area (Å²) in [5.41, 5.74) is -0.320. The number of ether oxygens (including phenoxy) is 1. The fourth-order valence-electron chi connectivity index (χ4n) is 13.2. The number of allylic oxidation sites excluding steroid dienone is 1. The van der Waals surface area contributed by atoms with Crippen LogP contribution < -0.4 is 10.6 Å². The van der Waals surface area contributed by atoms with E-state index in [2.05, 4.69) is 59.1 Å². The van der Waals surface area contributed by atoms with E-state index in [1.807, 2.05) is 0 Å². The van der Waals surface area contributed by atoms with Crippen LogP contribution in [0.25, 0.3) is 0 Å². The molecule has 0 heterocycles. The van der Waals surface area contributed by atoms with Crippen LogP contribution in [0.3, 0.4) is 0 Å². The molecule has 0 aromatic heterocycles. The summed E-state index contributed by atoms with van der Waals surface area (Å²) in [5, 5.41) is 15.9. The van der Waals surface area contributed by atoms with Gasteiger partial charge in [0.25, 0.3) is 0 Å². The summed E-state index contributed by atoms with van der Waals surface area (Å²) in [6.45, 7) is 19.2. The third-order valence-corrected chi connectivity index (χ3v) is 16.2. The predicted molar refractivity (Wildman–Crippen MR) is 195 cm³/mol. The summed E-state index contributed by atoms with van der Waals surface area (Å²) in [6.07, 6.45) is 7.05. The van der Waals surface area contributed by atoms with Crippen molar-refractivity contribution in [3.05, 3.63) is 11.1 Å². The number of halogens is 2. The first-order valence-corrected chi connectivity index (χ1v) is 20.1. The van der Waals surface area contributed by atoms with Gasteiger partial charge in [-0.2, -0.15) is 0 Å². The molecule has 292 valence electrons. The number of amides is 2.